The lowest BCUT2D eigenvalue weighted by Gasteiger charge is -2.42. The van der Waals surface area contributed by atoms with Gasteiger partial charge in [-0.1, -0.05) is 18.2 Å². The van der Waals surface area contributed by atoms with Crippen molar-refractivity contribution in [2.45, 2.75) is 30.3 Å². The fourth-order valence-corrected chi connectivity index (χ4v) is 5.94. The maximum atomic E-state index is 13.3. The lowest BCUT2D eigenvalue weighted by atomic mass is 9.82. The first-order valence-corrected chi connectivity index (χ1v) is 11.9. The van der Waals surface area contributed by atoms with Gasteiger partial charge < -0.3 is 4.57 Å². The summed E-state index contributed by atoms with van der Waals surface area (Å²) < 4.78 is 2.07. The van der Waals surface area contributed by atoms with Crippen molar-refractivity contribution in [2.24, 2.45) is 5.92 Å². The van der Waals surface area contributed by atoms with Crippen molar-refractivity contribution in [3.8, 4) is 11.1 Å². The van der Waals surface area contributed by atoms with Crippen LogP contribution in [0.1, 0.15) is 22.9 Å². The molecule has 4 heterocycles. The highest BCUT2D eigenvalue weighted by Gasteiger charge is 2.35. The van der Waals surface area contributed by atoms with Crippen molar-refractivity contribution in [1.82, 2.24) is 9.47 Å². The van der Waals surface area contributed by atoms with E-state index in [1.807, 2.05) is 17.4 Å². The van der Waals surface area contributed by atoms with Crippen molar-refractivity contribution in [2.75, 3.05) is 19.3 Å². The van der Waals surface area contributed by atoms with E-state index in [1.54, 1.807) is 11.8 Å². The van der Waals surface area contributed by atoms with E-state index < -0.39 is 0 Å². The van der Waals surface area contributed by atoms with Crippen LogP contribution in [0.3, 0.4) is 0 Å². The van der Waals surface area contributed by atoms with Gasteiger partial charge in [0.2, 0.25) is 0 Å². The highest BCUT2D eigenvalue weighted by Crippen LogP contribution is 2.36. The third-order valence-corrected chi connectivity index (χ3v) is 7.65. The minimum absolute atomic E-state index is 0.177. The van der Waals surface area contributed by atoms with Gasteiger partial charge in [0.25, 0.3) is 5.56 Å². The summed E-state index contributed by atoms with van der Waals surface area (Å²) in [7, 11) is 0. The number of thioether (sulfide) groups is 1. The van der Waals surface area contributed by atoms with Gasteiger partial charge in [-0.05, 0) is 59.9 Å². The van der Waals surface area contributed by atoms with E-state index in [0.717, 1.165) is 37.3 Å². The van der Waals surface area contributed by atoms with Gasteiger partial charge in [0.05, 0.1) is 0 Å². The monoisotopic (exact) mass is 408 g/mol. The van der Waals surface area contributed by atoms with Crippen LogP contribution in [0.2, 0.25) is 0 Å². The molecular formula is C23H24N2OS2. The van der Waals surface area contributed by atoms with Gasteiger partial charge in [-0.15, -0.1) is 23.1 Å². The second-order valence-electron chi connectivity index (χ2n) is 7.89. The Morgan fingerprint density at radius 3 is 2.68 bits per heavy atom. The minimum Gasteiger partial charge on any atom is -0.311 e. The van der Waals surface area contributed by atoms with Crippen LogP contribution in [-0.2, 0) is 13.1 Å². The van der Waals surface area contributed by atoms with Gasteiger partial charge in [0.15, 0.2) is 0 Å². The summed E-state index contributed by atoms with van der Waals surface area (Å²) in [6, 6.07) is 16.9. The second-order valence-corrected chi connectivity index (χ2v) is 9.80. The van der Waals surface area contributed by atoms with E-state index in [1.165, 1.54) is 21.9 Å². The zero-order valence-electron chi connectivity index (χ0n) is 16.0. The molecular weight excluding hydrogens is 384 g/mol. The summed E-state index contributed by atoms with van der Waals surface area (Å²) >= 11 is 3.56. The zero-order valence-corrected chi connectivity index (χ0v) is 17.6. The normalized spacial score (nSPS) is 21.5. The quantitative estimate of drug-likeness (QED) is 0.573. The largest absolute Gasteiger partial charge is 0.311 e. The zero-order chi connectivity index (χ0) is 19.1. The molecule has 3 aromatic rings. The molecule has 5 heteroatoms. The average Bonchev–Trinajstić information content (AvgIpc) is 3.22. The summed E-state index contributed by atoms with van der Waals surface area (Å²) in [4.78, 5) is 18.5. The SMILES string of the molecule is CSc1ccc(-c2ccc3n(c2=O)CC2CC3CN(Cc3cccs3)C2)cc1. The van der Waals surface area contributed by atoms with Crippen LogP contribution in [-0.4, -0.2) is 28.8 Å². The van der Waals surface area contributed by atoms with E-state index in [4.69, 9.17) is 0 Å². The van der Waals surface area contributed by atoms with Crippen LogP contribution in [0.15, 0.2) is 63.6 Å². The summed E-state index contributed by atoms with van der Waals surface area (Å²) in [5, 5.41) is 2.15. The predicted molar refractivity (Wildman–Crippen MR) is 118 cm³/mol. The molecule has 144 valence electrons. The fourth-order valence-electron chi connectivity index (χ4n) is 4.79. The molecule has 2 unspecified atom stereocenters. The predicted octanol–water partition coefficient (Wildman–Crippen LogP) is 4.92. The summed E-state index contributed by atoms with van der Waals surface area (Å²) in [5.41, 5.74) is 3.25. The highest BCUT2D eigenvalue weighted by molar-refractivity contribution is 7.98. The molecule has 1 fully saturated rings. The van der Waals surface area contributed by atoms with Crippen LogP contribution in [0.5, 0.6) is 0 Å². The van der Waals surface area contributed by atoms with Crippen molar-refractivity contribution in [3.05, 3.63) is 74.8 Å². The Bertz CT molecular complexity index is 1020. The lowest BCUT2D eigenvalue weighted by Crippen LogP contribution is -2.46. The first kappa shape index (κ1) is 18.2. The van der Waals surface area contributed by atoms with Crippen LogP contribution in [0.4, 0.5) is 0 Å². The van der Waals surface area contributed by atoms with Crippen LogP contribution in [0, 0.1) is 5.92 Å². The van der Waals surface area contributed by atoms with Gasteiger partial charge in [0, 0.05) is 53.1 Å². The van der Waals surface area contributed by atoms with Gasteiger partial charge in [-0.3, -0.25) is 9.69 Å². The lowest BCUT2D eigenvalue weighted by molar-refractivity contribution is 0.115. The number of hydrogen-bond acceptors (Lipinski definition) is 4. The molecule has 0 spiro atoms. The molecule has 0 N–H and O–H groups in total. The maximum absolute atomic E-state index is 13.3. The summed E-state index contributed by atoms with van der Waals surface area (Å²) in [6.45, 7) is 4.03. The maximum Gasteiger partial charge on any atom is 0.258 e. The molecule has 2 bridgehead atoms. The Morgan fingerprint density at radius 2 is 1.93 bits per heavy atom. The average molecular weight is 409 g/mol. The van der Waals surface area contributed by atoms with E-state index in [2.05, 4.69) is 63.6 Å². The minimum atomic E-state index is 0.177. The number of fused-ring (bicyclic) bond motifs is 4. The summed E-state index contributed by atoms with van der Waals surface area (Å²) in [6.07, 6.45) is 3.28. The van der Waals surface area contributed by atoms with Crippen molar-refractivity contribution in [1.29, 1.82) is 0 Å². The number of pyridine rings is 1. The Kier molecular flexibility index (Phi) is 4.91. The van der Waals surface area contributed by atoms with E-state index in [-0.39, 0.29) is 5.56 Å². The molecule has 2 atom stereocenters. The Balaban J connectivity index is 1.44. The van der Waals surface area contributed by atoms with E-state index >= 15 is 0 Å². The smallest absolute Gasteiger partial charge is 0.258 e. The molecule has 0 radical (unpaired) electrons. The van der Waals surface area contributed by atoms with Gasteiger partial charge in [-0.25, -0.2) is 0 Å². The fraction of sp³-hybridized carbons (Fsp3) is 0.348. The third-order valence-electron chi connectivity index (χ3n) is 6.04. The Morgan fingerprint density at radius 1 is 1.07 bits per heavy atom. The van der Waals surface area contributed by atoms with Gasteiger partial charge >= 0.3 is 0 Å². The van der Waals surface area contributed by atoms with Crippen molar-refractivity contribution >= 4 is 23.1 Å². The first-order valence-electron chi connectivity index (χ1n) is 9.84. The molecule has 0 saturated carbocycles. The van der Waals surface area contributed by atoms with Crippen LogP contribution >= 0.6 is 23.1 Å². The topological polar surface area (TPSA) is 25.2 Å². The molecule has 3 nitrogen and oxygen atoms in total. The third kappa shape index (κ3) is 3.36. The molecule has 28 heavy (non-hydrogen) atoms. The number of benzene rings is 1. The van der Waals surface area contributed by atoms with Crippen molar-refractivity contribution < 1.29 is 0 Å². The molecule has 2 aliphatic heterocycles. The molecule has 2 aliphatic rings. The number of piperidine rings is 1. The summed E-state index contributed by atoms with van der Waals surface area (Å²) in [5.74, 6) is 1.03. The standard InChI is InChI=1S/C23H24N2OS2/c1-27-19-6-4-17(5-7-19)21-8-9-22-18-11-16(13-25(22)23(21)26)12-24(14-18)15-20-3-2-10-28-20/h2-10,16,18H,11-15H2,1H3. The number of nitrogens with zero attached hydrogens (tertiary/aromatic N) is 2. The second kappa shape index (κ2) is 7.54. The molecule has 1 saturated heterocycles. The molecule has 0 amide bonds. The van der Waals surface area contributed by atoms with Crippen molar-refractivity contribution in [3.63, 3.8) is 0 Å². The number of aromatic nitrogens is 1. The number of thiophene rings is 1. The van der Waals surface area contributed by atoms with Crippen LogP contribution in [0.25, 0.3) is 11.1 Å². The number of hydrogen-bond donors (Lipinski definition) is 0. The number of likely N-dealkylation sites (tertiary alicyclic amines) is 1. The van der Waals surface area contributed by atoms with Crippen LogP contribution < -0.4 is 5.56 Å². The van der Waals surface area contributed by atoms with E-state index in [9.17, 15) is 4.79 Å². The molecule has 5 rings (SSSR count). The van der Waals surface area contributed by atoms with Gasteiger partial charge in [-0.2, -0.15) is 0 Å². The van der Waals surface area contributed by atoms with Gasteiger partial charge in [0.1, 0.15) is 0 Å². The molecule has 2 aromatic heterocycles. The molecule has 0 aliphatic carbocycles. The Labute approximate surface area is 174 Å². The molecule has 1 aromatic carbocycles. The highest BCUT2D eigenvalue weighted by atomic mass is 32.2. The van der Waals surface area contributed by atoms with E-state index in [0.29, 0.717) is 11.8 Å². The number of rotatable bonds is 4. The first-order chi connectivity index (χ1) is 13.7. The Hall–Kier alpha value is -1.82.